The average molecular weight is 1400 g/mol. The Hall–Kier alpha value is -5.97. The fourth-order valence-electron chi connectivity index (χ4n) is 13.6. The van der Waals surface area contributed by atoms with Gasteiger partial charge in [-0.25, -0.2) is 0 Å². The van der Waals surface area contributed by atoms with Crippen LogP contribution in [0.4, 0.5) is 0 Å². The number of methoxy groups -OCH3 is 2. The topological polar surface area (TPSA) is 125 Å². The number of amides is 1. The van der Waals surface area contributed by atoms with Gasteiger partial charge in [0.25, 0.3) is 0 Å². The van der Waals surface area contributed by atoms with Gasteiger partial charge in [-0.15, -0.1) is 0 Å². The first kappa shape index (κ1) is 83.3. The van der Waals surface area contributed by atoms with E-state index in [2.05, 4.69) is 91.7 Å². The van der Waals surface area contributed by atoms with Gasteiger partial charge in [0.2, 0.25) is 5.91 Å². The number of ether oxygens (including phenoxy) is 10. The van der Waals surface area contributed by atoms with Gasteiger partial charge in [-0.1, -0.05) is 308 Å². The third kappa shape index (κ3) is 33.9. The minimum Gasteiger partial charge on any atom is -0.497 e. The number of benzene rings is 6. The Morgan fingerprint density at radius 3 is 1.25 bits per heavy atom. The third-order valence-electron chi connectivity index (χ3n) is 19.7. The molecule has 13 heteroatoms. The SMILES string of the molecule is CCCCCCCCCCCCCC[C@@H](OCc1ccc(OC)cc1)[C@@H](OCc1ccc(OC)cc1)[C@H](CO[C@H]1OC(COCc2ccccc2)[C@H](OCc2ccccc2)[C@@H](OCc2ccccc2)[C@@H]1OCc1ccccc1)NC(=O)CCCCCCCCCCN(CCCCC)CCCCC. The maximum absolute atomic E-state index is 15.0. The van der Waals surface area contributed by atoms with E-state index < -0.39 is 49.0 Å². The van der Waals surface area contributed by atoms with Gasteiger partial charge in [-0.2, -0.15) is 0 Å². The van der Waals surface area contributed by atoms with E-state index >= 15 is 4.79 Å². The Labute approximate surface area is 616 Å². The standard InChI is InChI=1S/C89H130N2O11/c1-6-9-12-13-14-15-16-17-18-21-24-39-52-82(96-66-77-54-58-79(93-4)59-55-77)85(97-70-78-56-60-80(94-5)61-57-78)81(90-84(92)53-40-25-22-19-20-23-26-43-64-91(62-41-10-7-2)63-42-11-8-3)71-101-89-88(100-69-76-50-37-30-38-51-76)87(99-68-75-48-35-29-36-49-75)86(98-67-74-46-33-28-34-47-74)83(102-89)72-95-65-73-44-31-27-32-45-73/h27-38,44-51,54-61,81-83,85-89H,6-26,39-43,52-53,62-72H2,1-5H3,(H,90,92)/t81-,82+,83?,85-,86-,87+,88-,89-/m0/s1. The maximum Gasteiger partial charge on any atom is 0.220 e. The second-order valence-corrected chi connectivity index (χ2v) is 28.2. The van der Waals surface area contributed by atoms with Crippen molar-refractivity contribution in [2.24, 2.45) is 0 Å². The van der Waals surface area contributed by atoms with Crippen LogP contribution in [0.25, 0.3) is 0 Å². The summed E-state index contributed by atoms with van der Waals surface area (Å²) in [7, 11) is 3.36. The number of nitrogens with one attached hydrogen (secondary N) is 1. The van der Waals surface area contributed by atoms with Gasteiger partial charge in [-0.3, -0.25) is 4.79 Å². The Kier molecular flexibility index (Phi) is 43.2. The molecule has 1 saturated heterocycles. The zero-order chi connectivity index (χ0) is 71.5. The quantitative estimate of drug-likeness (QED) is 0.0366. The minimum atomic E-state index is -1.04. The summed E-state index contributed by atoms with van der Waals surface area (Å²) in [5.74, 6) is 1.47. The van der Waals surface area contributed by atoms with Gasteiger partial charge in [0.15, 0.2) is 6.29 Å². The van der Waals surface area contributed by atoms with Gasteiger partial charge in [0.1, 0.15) is 42.0 Å². The highest BCUT2D eigenvalue weighted by atomic mass is 16.7. The highest BCUT2D eigenvalue weighted by Gasteiger charge is 2.50. The van der Waals surface area contributed by atoms with Crippen LogP contribution in [0.15, 0.2) is 170 Å². The first-order valence-corrected chi connectivity index (χ1v) is 39.7. The lowest BCUT2D eigenvalue weighted by molar-refractivity contribution is -0.330. The van der Waals surface area contributed by atoms with E-state index in [9.17, 15) is 0 Å². The number of unbranched alkanes of at least 4 members (excludes halogenated alkanes) is 22. The van der Waals surface area contributed by atoms with Crippen molar-refractivity contribution in [3.63, 3.8) is 0 Å². The average Bonchev–Trinajstić information content (AvgIpc) is 0.783. The van der Waals surface area contributed by atoms with Crippen molar-refractivity contribution >= 4 is 5.91 Å². The summed E-state index contributed by atoms with van der Waals surface area (Å²) < 4.78 is 68.5. The first-order chi connectivity index (χ1) is 50.4. The molecule has 6 aromatic carbocycles. The minimum absolute atomic E-state index is 0.0104. The second kappa shape index (κ2) is 52.9. The molecule has 0 bridgehead atoms. The van der Waals surface area contributed by atoms with Gasteiger partial charge < -0.3 is 57.6 Å². The van der Waals surface area contributed by atoms with Crippen molar-refractivity contribution in [3.05, 3.63) is 203 Å². The third-order valence-corrected chi connectivity index (χ3v) is 19.7. The van der Waals surface area contributed by atoms with Crippen LogP contribution in [0.3, 0.4) is 0 Å². The molecule has 6 aromatic rings. The van der Waals surface area contributed by atoms with Gasteiger partial charge in [-0.05, 0) is 109 Å². The smallest absolute Gasteiger partial charge is 0.220 e. The van der Waals surface area contributed by atoms with Crippen molar-refractivity contribution in [1.82, 2.24) is 10.2 Å². The van der Waals surface area contributed by atoms with E-state index in [0.717, 1.165) is 83.4 Å². The van der Waals surface area contributed by atoms with Crippen LogP contribution < -0.4 is 14.8 Å². The Balaban J connectivity index is 1.19. The number of hydrogen-bond acceptors (Lipinski definition) is 12. The van der Waals surface area contributed by atoms with E-state index in [1.807, 2.05) is 109 Å². The van der Waals surface area contributed by atoms with Crippen LogP contribution in [0.5, 0.6) is 11.5 Å². The highest BCUT2D eigenvalue weighted by Crippen LogP contribution is 2.33. The molecule has 0 radical (unpaired) electrons. The molecule has 1 heterocycles. The maximum atomic E-state index is 15.0. The van der Waals surface area contributed by atoms with E-state index in [1.54, 1.807) is 14.2 Å². The molecular formula is C89H130N2O11. The molecule has 13 nitrogen and oxygen atoms in total. The van der Waals surface area contributed by atoms with E-state index in [0.29, 0.717) is 32.7 Å². The van der Waals surface area contributed by atoms with E-state index in [-0.39, 0.29) is 38.9 Å². The zero-order valence-corrected chi connectivity index (χ0v) is 63.3. The molecule has 1 aliphatic rings. The summed E-state index contributed by atoms with van der Waals surface area (Å²) in [6, 6.07) is 56.0. The van der Waals surface area contributed by atoms with Crippen molar-refractivity contribution in [2.75, 3.05) is 47.1 Å². The van der Waals surface area contributed by atoms with E-state index in [1.165, 1.54) is 148 Å². The largest absolute Gasteiger partial charge is 0.497 e. The van der Waals surface area contributed by atoms with Gasteiger partial charge in [0.05, 0.1) is 79.2 Å². The lowest BCUT2D eigenvalue weighted by Gasteiger charge is -2.46. The summed E-state index contributed by atoms with van der Waals surface area (Å²) in [5.41, 5.74) is 5.99. The first-order valence-electron chi connectivity index (χ1n) is 39.7. The highest BCUT2D eigenvalue weighted by molar-refractivity contribution is 5.76. The normalized spacial score (nSPS) is 17.0. The second-order valence-electron chi connectivity index (χ2n) is 28.2. The molecule has 7 rings (SSSR count). The molecule has 0 saturated carbocycles. The van der Waals surface area contributed by atoms with Crippen molar-refractivity contribution in [2.45, 2.75) is 289 Å². The van der Waals surface area contributed by atoms with Crippen molar-refractivity contribution in [1.29, 1.82) is 0 Å². The zero-order valence-electron chi connectivity index (χ0n) is 63.3. The number of rotatable bonds is 59. The summed E-state index contributed by atoms with van der Waals surface area (Å²) in [6.45, 7) is 12.4. The molecule has 1 fully saturated rings. The monoisotopic (exact) mass is 1400 g/mol. The number of nitrogens with zero attached hydrogens (tertiary/aromatic N) is 1. The predicted octanol–water partition coefficient (Wildman–Crippen LogP) is 20.7. The van der Waals surface area contributed by atoms with Crippen molar-refractivity contribution < 1.29 is 52.2 Å². The Bertz CT molecular complexity index is 2950. The lowest BCUT2D eigenvalue weighted by Crippen LogP contribution is -2.62. The molecule has 0 spiro atoms. The predicted molar refractivity (Wildman–Crippen MR) is 414 cm³/mol. The van der Waals surface area contributed by atoms with Crippen LogP contribution in [0, 0.1) is 0 Å². The fourth-order valence-corrected chi connectivity index (χ4v) is 13.6. The molecular weight excluding hydrogens is 1270 g/mol. The fraction of sp³-hybridized carbons (Fsp3) is 0.584. The molecule has 8 atom stereocenters. The Morgan fingerprint density at radius 1 is 0.402 bits per heavy atom. The lowest BCUT2D eigenvalue weighted by atomic mass is 9.97. The van der Waals surface area contributed by atoms with Crippen LogP contribution >= 0.6 is 0 Å². The molecule has 0 aromatic heterocycles. The summed E-state index contributed by atoms with van der Waals surface area (Å²) >= 11 is 0. The molecule has 562 valence electrons. The number of carbonyl (C=O) groups is 1. The summed E-state index contributed by atoms with van der Waals surface area (Å²) in [5, 5.41) is 3.57. The Morgan fingerprint density at radius 2 is 0.784 bits per heavy atom. The van der Waals surface area contributed by atoms with Crippen molar-refractivity contribution in [3.8, 4) is 11.5 Å². The van der Waals surface area contributed by atoms with E-state index in [4.69, 9.17) is 47.4 Å². The van der Waals surface area contributed by atoms with Gasteiger partial charge >= 0.3 is 0 Å². The molecule has 1 aliphatic heterocycles. The number of carbonyl (C=O) groups excluding carboxylic acids is 1. The molecule has 1 unspecified atom stereocenters. The van der Waals surface area contributed by atoms with Crippen LogP contribution in [0.1, 0.15) is 234 Å². The van der Waals surface area contributed by atoms with Crippen LogP contribution in [0.2, 0.25) is 0 Å². The summed E-state index contributed by atoms with van der Waals surface area (Å²) in [6.07, 6.45) is 27.5. The molecule has 1 amide bonds. The number of hydrogen-bond donors (Lipinski definition) is 1. The van der Waals surface area contributed by atoms with Gasteiger partial charge in [0, 0.05) is 6.42 Å². The molecule has 0 aliphatic carbocycles. The summed E-state index contributed by atoms with van der Waals surface area (Å²) in [4.78, 5) is 17.7. The van der Waals surface area contributed by atoms with Crippen LogP contribution in [-0.4, -0.2) is 107 Å². The molecule has 102 heavy (non-hydrogen) atoms. The van der Waals surface area contributed by atoms with Crippen LogP contribution in [-0.2, 0) is 82.3 Å². The molecule has 1 N–H and O–H groups in total.